The number of carboxylic acid groups (broad SMARTS) is 2. The molecular weight excluding hydrogens is 316 g/mol. The van der Waals surface area contributed by atoms with Crippen LogP contribution in [-0.2, 0) is 12.8 Å². The van der Waals surface area contributed by atoms with Gasteiger partial charge in [-0.05, 0) is 58.4 Å². The Morgan fingerprint density at radius 3 is 2.44 bits per heavy atom. The Balaban J connectivity index is 1.74. The molecule has 4 heteroatoms. The zero-order valence-electron chi connectivity index (χ0n) is 13.4. The second-order valence-electron chi connectivity index (χ2n) is 6.45. The van der Waals surface area contributed by atoms with Crippen molar-refractivity contribution in [2.45, 2.75) is 18.8 Å². The van der Waals surface area contributed by atoms with Gasteiger partial charge in [-0.1, -0.05) is 42.5 Å². The maximum atomic E-state index is 11.6. The van der Waals surface area contributed by atoms with E-state index in [-0.39, 0.29) is 17.0 Å². The van der Waals surface area contributed by atoms with Crippen LogP contribution in [0.15, 0.2) is 54.6 Å². The molecule has 4 nitrogen and oxygen atoms in total. The van der Waals surface area contributed by atoms with Crippen LogP contribution in [0.3, 0.4) is 0 Å². The van der Waals surface area contributed by atoms with Crippen molar-refractivity contribution in [1.29, 1.82) is 0 Å². The standard InChI is InChI=1S/C21H16O4/c22-20(23)15-8-7-13(18(11-15)21(24)25)9-16-10-14-5-1-3-12-4-2-6-17(16)19(12)14/h1-8,11,16H,9-10H2,(H,22,23)(H,24,25). The lowest BCUT2D eigenvalue weighted by Crippen LogP contribution is -2.10. The molecule has 1 atom stereocenters. The maximum Gasteiger partial charge on any atom is 0.335 e. The molecule has 25 heavy (non-hydrogen) atoms. The van der Waals surface area contributed by atoms with Gasteiger partial charge in [0.25, 0.3) is 0 Å². The third kappa shape index (κ3) is 2.56. The summed E-state index contributed by atoms with van der Waals surface area (Å²) < 4.78 is 0. The molecule has 1 aliphatic carbocycles. The van der Waals surface area contributed by atoms with Gasteiger partial charge in [0.1, 0.15) is 0 Å². The molecule has 1 unspecified atom stereocenters. The minimum Gasteiger partial charge on any atom is -0.478 e. The first kappa shape index (κ1) is 15.4. The molecule has 3 aromatic rings. The number of aromatic carboxylic acids is 2. The van der Waals surface area contributed by atoms with E-state index in [1.165, 1.54) is 34.0 Å². The fraction of sp³-hybridized carbons (Fsp3) is 0.143. The van der Waals surface area contributed by atoms with Gasteiger partial charge < -0.3 is 10.2 Å². The van der Waals surface area contributed by atoms with E-state index in [9.17, 15) is 14.7 Å². The predicted octanol–water partition coefficient (Wildman–Crippen LogP) is 4.12. The Labute approximate surface area is 144 Å². The summed E-state index contributed by atoms with van der Waals surface area (Å²) >= 11 is 0. The third-order valence-electron chi connectivity index (χ3n) is 4.98. The Kier molecular flexibility index (Phi) is 3.53. The van der Waals surface area contributed by atoms with Gasteiger partial charge in [-0.2, -0.15) is 0 Å². The number of hydrogen-bond donors (Lipinski definition) is 2. The highest BCUT2D eigenvalue weighted by Crippen LogP contribution is 2.40. The van der Waals surface area contributed by atoms with Gasteiger partial charge in [-0.15, -0.1) is 0 Å². The fourth-order valence-corrected chi connectivity index (χ4v) is 3.87. The number of hydrogen-bond acceptors (Lipinski definition) is 2. The van der Waals surface area contributed by atoms with Gasteiger partial charge in [-0.25, -0.2) is 9.59 Å². The smallest absolute Gasteiger partial charge is 0.335 e. The van der Waals surface area contributed by atoms with Gasteiger partial charge in [0.05, 0.1) is 11.1 Å². The van der Waals surface area contributed by atoms with Crippen LogP contribution in [-0.4, -0.2) is 22.2 Å². The SMILES string of the molecule is O=C(O)c1ccc(CC2Cc3cccc4cccc2c34)c(C(=O)O)c1. The van der Waals surface area contributed by atoms with Crippen LogP contribution >= 0.6 is 0 Å². The molecule has 0 saturated heterocycles. The summed E-state index contributed by atoms with van der Waals surface area (Å²) in [5.74, 6) is -2.01. The molecule has 0 bridgehead atoms. The molecule has 0 spiro atoms. The lowest BCUT2D eigenvalue weighted by atomic mass is 9.90. The summed E-state index contributed by atoms with van der Waals surface area (Å²) in [6.45, 7) is 0. The predicted molar refractivity (Wildman–Crippen MR) is 94.5 cm³/mol. The first-order chi connectivity index (χ1) is 12.0. The minimum atomic E-state index is -1.12. The summed E-state index contributed by atoms with van der Waals surface area (Å²) in [5.41, 5.74) is 3.28. The van der Waals surface area contributed by atoms with Crippen molar-refractivity contribution in [3.8, 4) is 0 Å². The van der Waals surface area contributed by atoms with Crippen LogP contribution < -0.4 is 0 Å². The number of rotatable bonds is 4. The monoisotopic (exact) mass is 332 g/mol. The van der Waals surface area contributed by atoms with Crippen molar-refractivity contribution in [3.05, 3.63) is 82.4 Å². The van der Waals surface area contributed by atoms with Gasteiger partial charge >= 0.3 is 11.9 Å². The quantitative estimate of drug-likeness (QED) is 0.754. The van der Waals surface area contributed by atoms with Crippen molar-refractivity contribution >= 4 is 22.7 Å². The summed E-state index contributed by atoms with van der Waals surface area (Å²) in [4.78, 5) is 22.7. The topological polar surface area (TPSA) is 74.6 Å². The molecule has 0 amide bonds. The lowest BCUT2D eigenvalue weighted by Gasteiger charge is -2.14. The highest BCUT2D eigenvalue weighted by molar-refractivity contribution is 5.95. The van der Waals surface area contributed by atoms with E-state index in [0.717, 1.165) is 6.42 Å². The second-order valence-corrected chi connectivity index (χ2v) is 6.45. The highest BCUT2D eigenvalue weighted by Gasteiger charge is 2.26. The van der Waals surface area contributed by atoms with E-state index in [2.05, 4.69) is 24.3 Å². The van der Waals surface area contributed by atoms with Crippen LogP contribution in [0, 0.1) is 0 Å². The Hall–Kier alpha value is -3.14. The van der Waals surface area contributed by atoms with Gasteiger partial charge in [0.2, 0.25) is 0 Å². The van der Waals surface area contributed by atoms with Gasteiger partial charge in [-0.3, -0.25) is 0 Å². The van der Waals surface area contributed by atoms with Gasteiger partial charge in [0.15, 0.2) is 0 Å². The van der Waals surface area contributed by atoms with Crippen LogP contribution in [0.1, 0.15) is 43.3 Å². The maximum absolute atomic E-state index is 11.6. The van der Waals surface area contributed by atoms with Crippen molar-refractivity contribution in [2.24, 2.45) is 0 Å². The summed E-state index contributed by atoms with van der Waals surface area (Å²) in [5, 5.41) is 21.1. The van der Waals surface area contributed by atoms with Crippen LogP contribution in [0.25, 0.3) is 10.8 Å². The van der Waals surface area contributed by atoms with E-state index in [1.54, 1.807) is 6.07 Å². The van der Waals surface area contributed by atoms with Crippen LogP contribution in [0.2, 0.25) is 0 Å². The molecular formula is C21H16O4. The van der Waals surface area contributed by atoms with E-state index < -0.39 is 11.9 Å². The molecule has 0 saturated carbocycles. The van der Waals surface area contributed by atoms with Crippen molar-refractivity contribution in [3.63, 3.8) is 0 Å². The molecule has 3 aromatic carbocycles. The second kappa shape index (κ2) is 5.74. The molecule has 0 heterocycles. The van der Waals surface area contributed by atoms with Crippen molar-refractivity contribution in [2.75, 3.05) is 0 Å². The number of carbonyl (C=O) groups is 2. The Morgan fingerprint density at radius 2 is 1.72 bits per heavy atom. The normalized spacial score (nSPS) is 15.4. The summed E-state index contributed by atoms with van der Waals surface area (Å²) in [7, 11) is 0. The molecule has 1 aliphatic rings. The Morgan fingerprint density at radius 1 is 0.960 bits per heavy atom. The van der Waals surface area contributed by atoms with Crippen LogP contribution in [0.5, 0.6) is 0 Å². The van der Waals surface area contributed by atoms with E-state index in [1.807, 2.05) is 12.1 Å². The van der Waals surface area contributed by atoms with Crippen molar-refractivity contribution in [1.82, 2.24) is 0 Å². The van der Waals surface area contributed by atoms with Crippen molar-refractivity contribution < 1.29 is 19.8 Å². The molecule has 0 aliphatic heterocycles. The molecule has 0 aromatic heterocycles. The minimum absolute atomic E-state index is 0.00189. The first-order valence-electron chi connectivity index (χ1n) is 8.14. The molecule has 0 fully saturated rings. The van der Waals surface area contributed by atoms with Crippen LogP contribution in [0.4, 0.5) is 0 Å². The molecule has 4 rings (SSSR count). The summed E-state index contributed by atoms with van der Waals surface area (Å²) in [6.07, 6.45) is 1.45. The molecule has 124 valence electrons. The lowest BCUT2D eigenvalue weighted by molar-refractivity contribution is 0.0695. The van der Waals surface area contributed by atoms with E-state index >= 15 is 0 Å². The Bertz CT molecular complexity index is 1010. The molecule has 0 radical (unpaired) electrons. The van der Waals surface area contributed by atoms with E-state index in [4.69, 9.17) is 5.11 Å². The third-order valence-corrected chi connectivity index (χ3v) is 4.98. The fourth-order valence-electron chi connectivity index (χ4n) is 3.87. The first-order valence-corrected chi connectivity index (χ1v) is 8.14. The van der Waals surface area contributed by atoms with E-state index in [0.29, 0.717) is 12.0 Å². The number of benzene rings is 3. The molecule has 2 N–H and O–H groups in total. The number of carboxylic acids is 2. The van der Waals surface area contributed by atoms with Gasteiger partial charge in [0, 0.05) is 0 Å². The zero-order valence-corrected chi connectivity index (χ0v) is 13.4. The summed E-state index contributed by atoms with van der Waals surface area (Å²) in [6, 6.07) is 16.9. The average molecular weight is 332 g/mol. The highest BCUT2D eigenvalue weighted by atomic mass is 16.4. The zero-order chi connectivity index (χ0) is 17.6. The average Bonchev–Trinajstić information content (AvgIpc) is 2.95. The largest absolute Gasteiger partial charge is 0.478 e.